The average molecular weight is 415 g/mol. The van der Waals surface area contributed by atoms with E-state index < -0.39 is 0 Å². The Kier molecular flexibility index (Phi) is 8.80. The van der Waals surface area contributed by atoms with E-state index in [1.807, 2.05) is 54.4 Å². The fraction of sp³-hybridized carbons (Fsp3) is 0.364. The SMILES string of the molecule is CN=C(NCC(=O)NCc1ccc(OC)cc1)N(C)Cc1ccc(OC)cc1OC. The molecule has 0 bridgehead atoms. The van der Waals surface area contributed by atoms with Gasteiger partial charge in [-0.3, -0.25) is 9.79 Å². The molecule has 8 nitrogen and oxygen atoms in total. The first-order valence-electron chi connectivity index (χ1n) is 9.53. The van der Waals surface area contributed by atoms with Crippen molar-refractivity contribution in [3.63, 3.8) is 0 Å². The van der Waals surface area contributed by atoms with E-state index in [0.29, 0.717) is 19.0 Å². The number of aliphatic imine (C=N–C) groups is 1. The third-order valence-corrected chi connectivity index (χ3v) is 4.53. The predicted molar refractivity (Wildman–Crippen MR) is 117 cm³/mol. The molecule has 0 atom stereocenters. The maximum atomic E-state index is 12.2. The van der Waals surface area contributed by atoms with Crippen LogP contribution in [0.2, 0.25) is 0 Å². The number of benzene rings is 2. The van der Waals surface area contributed by atoms with Crippen molar-refractivity contribution in [1.82, 2.24) is 15.5 Å². The van der Waals surface area contributed by atoms with E-state index in [1.165, 1.54) is 0 Å². The summed E-state index contributed by atoms with van der Waals surface area (Å²) in [4.78, 5) is 18.4. The zero-order chi connectivity index (χ0) is 21.9. The fourth-order valence-corrected chi connectivity index (χ4v) is 2.86. The summed E-state index contributed by atoms with van der Waals surface area (Å²) in [5.41, 5.74) is 1.98. The van der Waals surface area contributed by atoms with Crippen molar-refractivity contribution >= 4 is 11.9 Å². The highest BCUT2D eigenvalue weighted by atomic mass is 16.5. The zero-order valence-corrected chi connectivity index (χ0v) is 18.2. The largest absolute Gasteiger partial charge is 0.497 e. The number of hydrogen-bond acceptors (Lipinski definition) is 5. The number of rotatable bonds is 9. The Morgan fingerprint density at radius 1 is 0.967 bits per heavy atom. The molecule has 2 N–H and O–H groups in total. The summed E-state index contributed by atoms with van der Waals surface area (Å²) in [6, 6.07) is 13.2. The summed E-state index contributed by atoms with van der Waals surface area (Å²) < 4.78 is 15.8. The topological polar surface area (TPSA) is 84.4 Å². The van der Waals surface area contributed by atoms with E-state index in [2.05, 4.69) is 15.6 Å². The van der Waals surface area contributed by atoms with Crippen molar-refractivity contribution in [2.24, 2.45) is 4.99 Å². The molecule has 30 heavy (non-hydrogen) atoms. The minimum absolute atomic E-state index is 0.118. The van der Waals surface area contributed by atoms with Gasteiger partial charge >= 0.3 is 0 Å². The molecule has 0 aromatic heterocycles. The van der Waals surface area contributed by atoms with Crippen LogP contribution in [0.25, 0.3) is 0 Å². The van der Waals surface area contributed by atoms with Gasteiger partial charge in [-0.25, -0.2) is 0 Å². The molecule has 2 aromatic rings. The molecule has 162 valence electrons. The van der Waals surface area contributed by atoms with Crippen LogP contribution in [0, 0.1) is 0 Å². The molecule has 0 heterocycles. The molecule has 0 spiro atoms. The molecule has 0 unspecified atom stereocenters. The van der Waals surface area contributed by atoms with Crippen molar-refractivity contribution in [3.05, 3.63) is 53.6 Å². The molecule has 0 fully saturated rings. The summed E-state index contributed by atoms with van der Waals surface area (Å²) in [5.74, 6) is 2.73. The lowest BCUT2D eigenvalue weighted by atomic mass is 10.2. The normalized spacial score (nSPS) is 10.9. The number of nitrogens with one attached hydrogen (secondary N) is 2. The lowest BCUT2D eigenvalue weighted by Crippen LogP contribution is -2.43. The predicted octanol–water partition coefficient (Wildman–Crippen LogP) is 2.04. The Labute approximate surface area is 177 Å². The van der Waals surface area contributed by atoms with E-state index in [-0.39, 0.29) is 12.5 Å². The maximum absolute atomic E-state index is 12.2. The summed E-state index contributed by atoms with van der Waals surface area (Å²) in [7, 11) is 8.44. The van der Waals surface area contributed by atoms with Crippen molar-refractivity contribution in [2.75, 3.05) is 42.0 Å². The summed E-state index contributed by atoms with van der Waals surface area (Å²) in [6.45, 7) is 1.12. The van der Waals surface area contributed by atoms with Crippen molar-refractivity contribution < 1.29 is 19.0 Å². The van der Waals surface area contributed by atoms with Crippen LogP contribution >= 0.6 is 0 Å². The number of methoxy groups -OCH3 is 3. The molecule has 0 aliphatic rings. The number of ether oxygens (including phenoxy) is 3. The highest BCUT2D eigenvalue weighted by Crippen LogP contribution is 2.25. The van der Waals surface area contributed by atoms with Gasteiger partial charge in [-0.2, -0.15) is 0 Å². The fourth-order valence-electron chi connectivity index (χ4n) is 2.86. The van der Waals surface area contributed by atoms with Crippen LogP contribution in [0.4, 0.5) is 0 Å². The van der Waals surface area contributed by atoms with Gasteiger partial charge in [-0.05, 0) is 29.8 Å². The minimum atomic E-state index is -0.123. The van der Waals surface area contributed by atoms with Crippen molar-refractivity contribution in [3.8, 4) is 17.2 Å². The Bertz CT molecular complexity index is 853. The third kappa shape index (κ3) is 6.58. The summed E-state index contributed by atoms with van der Waals surface area (Å²) in [6.07, 6.45) is 0. The molecule has 0 radical (unpaired) electrons. The first-order chi connectivity index (χ1) is 14.5. The number of carbonyl (C=O) groups excluding carboxylic acids is 1. The molecule has 0 aliphatic carbocycles. The van der Waals surface area contributed by atoms with E-state index >= 15 is 0 Å². The van der Waals surface area contributed by atoms with E-state index in [0.717, 1.165) is 28.4 Å². The van der Waals surface area contributed by atoms with Gasteiger partial charge < -0.3 is 29.7 Å². The number of guanidine groups is 1. The lowest BCUT2D eigenvalue weighted by molar-refractivity contribution is -0.120. The number of amides is 1. The molecule has 0 saturated heterocycles. The van der Waals surface area contributed by atoms with Crippen LogP contribution in [0.5, 0.6) is 17.2 Å². The van der Waals surface area contributed by atoms with Crippen LogP contribution in [0.15, 0.2) is 47.5 Å². The Morgan fingerprint density at radius 3 is 2.23 bits per heavy atom. The van der Waals surface area contributed by atoms with Gasteiger partial charge in [0.15, 0.2) is 5.96 Å². The van der Waals surface area contributed by atoms with Crippen LogP contribution < -0.4 is 24.8 Å². The molecule has 0 aliphatic heterocycles. The van der Waals surface area contributed by atoms with E-state index in [4.69, 9.17) is 14.2 Å². The van der Waals surface area contributed by atoms with Crippen LogP contribution in [-0.2, 0) is 17.9 Å². The van der Waals surface area contributed by atoms with Crippen molar-refractivity contribution in [2.45, 2.75) is 13.1 Å². The first kappa shape index (κ1) is 22.9. The Balaban J connectivity index is 1.86. The van der Waals surface area contributed by atoms with E-state index in [1.54, 1.807) is 28.4 Å². The molecule has 8 heteroatoms. The number of nitrogens with zero attached hydrogens (tertiary/aromatic N) is 2. The van der Waals surface area contributed by atoms with Crippen molar-refractivity contribution in [1.29, 1.82) is 0 Å². The minimum Gasteiger partial charge on any atom is -0.497 e. The van der Waals surface area contributed by atoms with Crippen LogP contribution in [0.1, 0.15) is 11.1 Å². The molecule has 1 amide bonds. The Morgan fingerprint density at radius 2 is 1.63 bits per heavy atom. The summed E-state index contributed by atoms with van der Waals surface area (Å²) >= 11 is 0. The second-order valence-electron chi connectivity index (χ2n) is 6.56. The van der Waals surface area contributed by atoms with E-state index in [9.17, 15) is 4.79 Å². The lowest BCUT2D eigenvalue weighted by Gasteiger charge is -2.23. The average Bonchev–Trinajstić information content (AvgIpc) is 2.78. The second kappa shape index (κ2) is 11.5. The number of carbonyl (C=O) groups is 1. The molecule has 0 saturated carbocycles. The first-order valence-corrected chi connectivity index (χ1v) is 9.53. The molecule has 2 aromatic carbocycles. The smallest absolute Gasteiger partial charge is 0.239 e. The van der Waals surface area contributed by atoms with Gasteiger partial charge in [0.2, 0.25) is 5.91 Å². The molecule has 2 rings (SSSR count). The monoisotopic (exact) mass is 414 g/mol. The van der Waals surface area contributed by atoms with Crippen LogP contribution in [0.3, 0.4) is 0 Å². The highest BCUT2D eigenvalue weighted by molar-refractivity contribution is 5.86. The van der Waals surface area contributed by atoms with Gasteiger partial charge in [0.25, 0.3) is 0 Å². The Hall–Kier alpha value is -3.42. The van der Waals surface area contributed by atoms with Crippen LogP contribution in [-0.4, -0.2) is 58.7 Å². The van der Waals surface area contributed by atoms with Gasteiger partial charge in [-0.15, -0.1) is 0 Å². The van der Waals surface area contributed by atoms with Gasteiger partial charge in [-0.1, -0.05) is 12.1 Å². The third-order valence-electron chi connectivity index (χ3n) is 4.53. The standard InChI is InChI=1S/C22H30N4O4/c1-23-22(26(2)15-17-8-11-19(29-4)12-20(17)30-5)25-14-21(27)24-13-16-6-9-18(28-3)10-7-16/h6-12H,13-15H2,1-5H3,(H,23,25)(H,24,27). The quantitative estimate of drug-likeness (QED) is 0.483. The second-order valence-corrected chi connectivity index (χ2v) is 6.56. The van der Waals surface area contributed by atoms with Gasteiger partial charge in [0.05, 0.1) is 27.9 Å². The summed E-state index contributed by atoms with van der Waals surface area (Å²) in [5, 5.41) is 5.97. The maximum Gasteiger partial charge on any atom is 0.239 e. The highest BCUT2D eigenvalue weighted by Gasteiger charge is 2.12. The van der Waals surface area contributed by atoms with Gasteiger partial charge in [0.1, 0.15) is 17.2 Å². The molecular formula is C22H30N4O4. The zero-order valence-electron chi connectivity index (χ0n) is 18.2. The molecular weight excluding hydrogens is 384 g/mol. The van der Waals surface area contributed by atoms with Gasteiger partial charge in [0, 0.05) is 38.8 Å². The number of hydrogen-bond donors (Lipinski definition) is 2.